The van der Waals surface area contributed by atoms with E-state index < -0.39 is 6.29 Å². The van der Waals surface area contributed by atoms with Gasteiger partial charge in [0.25, 0.3) is 5.91 Å². The second-order valence-electron chi connectivity index (χ2n) is 7.58. The van der Waals surface area contributed by atoms with Crippen LogP contribution in [0.2, 0.25) is 0 Å². The van der Waals surface area contributed by atoms with Crippen molar-refractivity contribution in [1.82, 2.24) is 0 Å². The number of hydrogen-bond donors (Lipinski definition) is 2. The summed E-state index contributed by atoms with van der Waals surface area (Å²) >= 11 is 2.28. The van der Waals surface area contributed by atoms with Crippen molar-refractivity contribution in [2.75, 3.05) is 5.32 Å². The molecule has 32 heavy (non-hydrogen) atoms. The van der Waals surface area contributed by atoms with Gasteiger partial charge in [-0.1, -0.05) is 54.6 Å². The smallest absolute Gasteiger partial charge is 0.290 e. The molecule has 164 valence electrons. The molecule has 0 unspecified atom stereocenters. The lowest BCUT2D eigenvalue weighted by molar-refractivity contribution is -0.147. The zero-order valence-corrected chi connectivity index (χ0v) is 19.6. The van der Waals surface area contributed by atoms with Crippen LogP contribution in [0.3, 0.4) is 0 Å². The largest absolute Gasteiger partial charge is 0.459 e. The second kappa shape index (κ2) is 10.8. The molecule has 0 fully saturated rings. The highest BCUT2D eigenvalue weighted by molar-refractivity contribution is 14.1. The number of ether oxygens (including phenoxy) is 2. The summed E-state index contributed by atoms with van der Waals surface area (Å²) in [5.41, 5.74) is 3.64. The van der Waals surface area contributed by atoms with E-state index in [0.29, 0.717) is 18.7 Å². The number of nitrogens with one attached hydrogen (secondary N) is 1. The molecular formula is C26H24INO4. The van der Waals surface area contributed by atoms with Gasteiger partial charge in [0.1, 0.15) is 0 Å². The van der Waals surface area contributed by atoms with Crippen molar-refractivity contribution in [2.24, 2.45) is 0 Å². The highest BCUT2D eigenvalue weighted by Crippen LogP contribution is 2.32. The van der Waals surface area contributed by atoms with Crippen molar-refractivity contribution in [3.63, 3.8) is 0 Å². The Morgan fingerprint density at radius 3 is 2.38 bits per heavy atom. The number of rotatable bonds is 7. The van der Waals surface area contributed by atoms with Gasteiger partial charge < -0.3 is 19.9 Å². The first-order valence-corrected chi connectivity index (χ1v) is 11.5. The highest BCUT2D eigenvalue weighted by Gasteiger charge is 2.29. The van der Waals surface area contributed by atoms with Crippen LogP contribution in [0, 0.1) is 3.57 Å². The zero-order chi connectivity index (χ0) is 22.3. The van der Waals surface area contributed by atoms with Crippen molar-refractivity contribution in [1.29, 1.82) is 0 Å². The Hall–Kier alpha value is -2.68. The third kappa shape index (κ3) is 5.97. The van der Waals surface area contributed by atoms with E-state index in [1.54, 1.807) is 0 Å². The lowest BCUT2D eigenvalue weighted by atomic mass is 9.93. The van der Waals surface area contributed by atoms with E-state index in [1.807, 2.05) is 60.7 Å². The van der Waals surface area contributed by atoms with E-state index in [0.717, 1.165) is 20.3 Å². The fourth-order valence-corrected chi connectivity index (χ4v) is 3.86. The molecule has 2 N–H and O–H groups in total. The third-order valence-corrected chi connectivity index (χ3v) is 5.97. The minimum Gasteiger partial charge on any atom is -0.459 e. The van der Waals surface area contributed by atoms with E-state index in [2.05, 4.69) is 52.2 Å². The normalized spacial score (nSPS) is 17.9. The summed E-state index contributed by atoms with van der Waals surface area (Å²) in [5, 5.41) is 12.1. The molecule has 1 aliphatic rings. The molecule has 0 saturated heterocycles. The van der Waals surface area contributed by atoms with E-state index in [-0.39, 0.29) is 24.2 Å². The monoisotopic (exact) mass is 541 g/mol. The Bertz CT molecular complexity index is 1070. The van der Waals surface area contributed by atoms with Gasteiger partial charge in [0.15, 0.2) is 5.76 Å². The number of amides is 1. The van der Waals surface area contributed by atoms with Crippen LogP contribution < -0.4 is 5.32 Å². The summed E-state index contributed by atoms with van der Waals surface area (Å²) in [5.74, 6) is -0.0457. The van der Waals surface area contributed by atoms with Crippen molar-refractivity contribution in [2.45, 2.75) is 31.8 Å². The maximum absolute atomic E-state index is 12.9. The molecule has 0 bridgehead atoms. The predicted octanol–water partition coefficient (Wildman–Crippen LogP) is 5.35. The Morgan fingerprint density at radius 2 is 1.69 bits per heavy atom. The average molecular weight is 541 g/mol. The zero-order valence-electron chi connectivity index (χ0n) is 17.4. The number of para-hydroxylation sites is 1. The molecule has 1 aliphatic heterocycles. The van der Waals surface area contributed by atoms with Gasteiger partial charge in [-0.25, -0.2) is 0 Å². The van der Waals surface area contributed by atoms with Crippen LogP contribution >= 0.6 is 22.6 Å². The summed E-state index contributed by atoms with van der Waals surface area (Å²) in [6, 6.07) is 25.1. The van der Waals surface area contributed by atoms with Gasteiger partial charge in [0.2, 0.25) is 6.29 Å². The Kier molecular flexibility index (Phi) is 7.57. The van der Waals surface area contributed by atoms with Crippen molar-refractivity contribution < 1.29 is 19.4 Å². The first-order chi connectivity index (χ1) is 15.6. The van der Waals surface area contributed by atoms with E-state index in [9.17, 15) is 9.90 Å². The van der Waals surface area contributed by atoms with Crippen LogP contribution in [0.1, 0.15) is 29.0 Å². The van der Waals surface area contributed by atoms with Crippen LogP contribution in [0.5, 0.6) is 0 Å². The summed E-state index contributed by atoms with van der Waals surface area (Å²) in [7, 11) is 0. The minimum absolute atomic E-state index is 0.000890. The molecule has 5 nitrogen and oxygen atoms in total. The number of carbonyl (C=O) groups is 1. The fraction of sp³-hybridized carbons (Fsp3) is 0.192. The summed E-state index contributed by atoms with van der Waals surface area (Å²) in [4.78, 5) is 12.9. The number of carbonyl (C=O) groups excluding carboxylic acids is 1. The molecule has 0 aromatic heterocycles. The number of halogens is 1. The standard InChI is InChI=1S/C26H24INO4/c27-22-12-10-20(11-13-22)21-14-24(26(30)28-23-4-2-1-3-5-23)32-25(15-21)31-17-19-8-6-18(16-29)7-9-19/h1-14,21,25,29H,15-17H2,(H,28,30)/t21-,25+/m0/s1. The molecule has 0 aliphatic carbocycles. The Morgan fingerprint density at radius 1 is 1.00 bits per heavy atom. The average Bonchev–Trinajstić information content (AvgIpc) is 2.84. The number of benzene rings is 3. The van der Waals surface area contributed by atoms with Gasteiger partial charge in [0.05, 0.1) is 13.2 Å². The van der Waals surface area contributed by atoms with E-state index in [4.69, 9.17) is 9.47 Å². The fourth-order valence-electron chi connectivity index (χ4n) is 3.50. The topological polar surface area (TPSA) is 67.8 Å². The van der Waals surface area contributed by atoms with Gasteiger partial charge in [-0.2, -0.15) is 0 Å². The predicted molar refractivity (Wildman–Crippen MR) is 132 cm³/mol. The number of anilines is 1. The van der Waals surface area contributed by atoms with Gasteiger partial charge >= 0.3 is 0 Å². The van der Waals surface area contributed by atoms with Gasteiger partial charge in [-0.05, 0) is 69.6 Å². The lowest BCUT2D eigenvalue weighted by Gasteiger charge is -2.29. The van der Waals surface area contributed by atoms with Crippen LogP contribution in [-0.2, 0) is 27.5 Å². The van der Waals surface area contributed by atoms with Crippen molar-refractivity contribution in [3.05, 3.63) is 111 Å². The molecule has 3 aromatic carbocycles. The molecule has 0 saturated carbocycles. The molecule has 3 aromatic rings. The molecule has 0 spiro atoms. The molecule has 1 heterocycles. The minimum atomic E-state index is -0.557. The van der Waals surface area contributed by atoms with Crippen molar-refractivity contribution >= 4 is 34.2 Å². The summed E-state index contributed by atoms with van der Waals surface area (Å²) in [6.45, 7) is 0.360. The number of aliphatic hydroxyl groups is 1. The third-order valence-electron chi connectivity index (χ3n) is 5.25. The molecular weight excluding hydrogens is 517 g/mol. The summed E-state index contributed by atoms with van der Waals surface area (Å²) < 4.78 is 13.1. The number of aliphatic hydroxyl groups excluding tert-OH is 1. The maximum atomic E-state index is 12.9. The first-order valence-electron chi connectivity index (χ1n) is 10.4. The van der Waals surface area contributed by atoms with Crippen LogP contribution in [0.15, 0.2) is 90.7 Å². The Labute approximate surface area is 201 Å². The lowest BCUT2D eigenvalue weighted by Crippen LogP contribution is -2.29. The molecule has 1 amide bonds. The molecule has 0 radical (unpaired) electrons. The van der Waals surface area contributed by atoms with Crippen LogP contribution in [-0.4, -0.2) is 17.3 Å². The molecule has 2 atom stereocenters. The van der Waals surface area contributed by atoms with E-state index in [1.165, 1.54) is 0 Å². The second-order valence-corrected chi connectivity index (χ2v) is 8.82. The summed E-state index contributed by atoms with van der Waals surface area (Å²) in [6.07, 6.45) is 1.92. The van der Waals surface area contributed by atoms with Gasteiger partial charge in [-0.3, -0.25) is 4.79 Å². The highest BCUT2D eigenvalue weighted by atomic mass is 127. The SMILES string of the molecule is O=C(Nc1ccccc1)C1=C[C@H](c2ccc(I)cc2)C[C@H](OCc2ccc(CO)cc2)O1. The molecule has 6 heteroatoms. The number of allylic oxidation sites excluding steroid dienone is 1. The van der Waals surface area contributed by atoms with E-state index >= 15 is 0 Å². The first kappa shape index (κ1) is 22.5. The van der Waals surface area contributed by atoms with Crippen LogP contribution in [0.4, 0.5) is 5.69 Å². The number of hydrogen-bond acceptors (Lipinski definition) is 4. The van der Waals surface area contributed by atoms with Gasteiger partial charge in [0, 0.05) is 21.6 Å². The Balaban J connectivity index is 1.50. The van der Waals surface area contributed by atoms with Crippen LogP contribution in [0.25, 0.3) is 0 Å². The van der Waals surface area contributed by atoms with Gasteiger partial charge in [-0.15, -0.1) is 0 Å². The quantitative estimate of drug-likeness (QED) is 0.396. The maximum Gasteiger partial charge on any atom is 0.290 e. The molecule has 4 rings (SSSR count). The van der Waals surface area contributed by atoms with Crippen molar-refractivity contribution in [3.8, 4) is 0 Å².